The standard InChI is InChI=1S/C8H6ClF2N3.C2H6/c1-4-2-3-14-8(5(4)9)12-7(13-14)6(10)11;1-2/h2-3,6H,1H3;1-2H3. The van der Waals surface area contributed by atoms with E-state index in [4.69, 9.17) is 11.6 Å². The van der Waals surface area contributed by atoms with Crippen LogP contribution < -0.4 is 0 Å². The Hall–Kier alpha value is -1.23. The molecular weight excluding hydrogens is 236 g/mol. The minimum atomic E-state index is -2.67. The maximum Gasteiger partial charge on any atom is 0.299 e. The van der Waals surface area contributed by atoms with Crippen LogP contribution in [0.1, 0.15) is 31.7 Å². The van der Waals surface area contributed by atoms with E-state index in [1.54, 1.807) is 19.2 Å². The van der Waals surface area contributed by atoms with Crippen LogP contribution in [0, 0.1) is 6.92 Å². The number of alkyl halides is 2. The van der Waals surface area contributed by atoms with E-state index in [9.17, 15) is 8.78 Å². The van der Waals surface area contributed by atoms with Gasteiger partial charge in [0.15, 0.2) is 5.65 Å². The Morgan fingerprint density at radius 3 is 2.56 bits per heavy atom. The molecule has 0 N–H and O–H groups in total. The van der Waals surface area contributed by atoms with E-state index in [1.807, 2.05) is 13.8 Å². The second-order valence-corrected chi connectivity index (χ2v) is 3.23. The number of hydrogen-bond acceptors (Lipinski definition) is 2. The molecule has 2 rings (SSSR count). The molecule has 0 atom stereocenters. The van der Waals surface area contributed by atoms with Gasteiger partial charge in [-0.05, 0) is 18.6 Å². The summed E-state index contributed by atoms with van der Waals surface area (Å²) in [5.41, 5.74) is 1.05. The van der Waals surface area contributed by atoms with Gasteiger partial charge in [0, 0.05) is 6.20 Å². The van der Waals surface area contributed by atoms with Crippen LogP contribution in [0.25, 0.3) is 5.65 Å². The van der Waals surface area contributed by atoms with E-state index in [2.05, 4.69) is 10.1 Å². The Bertz CT molecular complexity index is 482. The highest BCUT2D eigenvalue weighted by molar-refractivity contribution is 6.34. The third-order valence-corrected chi connectivity index (χ3v) is 2.32. The van der Waals surface area contributed by atoms with Crippen LogP contribution in [0.3, 0.4) is 0 Å². The fourth-order valence-corrected chi connectivity index (χ4v) is 1.31. The molecule has 0 bridgehead atoms. The number of fused-ring (bicyclic) bond motifs is 1. The maximum absolute atomic E-state index is 12.3. The molecule has 0 fully saturated rings. The van der Waals surface area contributed by atoms with Crippen LogP contribution in [0.2, 0.25) is 5.02 Å². The number of rotatable bonds is 1. The fourth-order valence-electron chi connectivity index (χ4n) is 1.12. The fraction of sp³-hybridized carbons (Fsp3) is 0.400. The predicted molar refractivity (Wildman–Crippen MR) is 59.0 cm³/mol. The van der Waals surface area contributed by atoms with Gasteiger partial charge >= 0.3 is 0 Å². The first-order chi connectivity index (χ1) is 7.59. The molecule has 6 heteroatoms. The number of nitrogens with zero attached hydrogens (tertiary/aromatic N) is 3. The Kier molecular flexibility index (Phi) is 4.18. The SMILES string of the molecule is CC.Cc1ccn2nc(C(F)F)nc2c1Cl. The zero-order valence-electron chi connectivity index (χ0n) is 9.21. The molecule has 16 heavy (non-hydrogen) atoms. The largest absolute Gasteiger partial charge is 0.299 e. The molecule has 2 heterocycles. The van der Waals surface area contributed by atoms with Gasteiger partial charge in [-0.15, -0.1) is 5.10 Å². The molecule has 88 valence electrons. The zero-order valence-corrected chi connectivity index (χ0v) is 9.96. The van der Waals surface area contributed by atoms with Crippen molar-refractivity contribution < 1.29 is 8.78 Å². The molecule has 2 aromatic rings. The Morgan fingerprint density at radius 2 is 2.00 bits per heavy atom. The van der Waals surface area contributed by atoms with E-state index in [0.29, 0.717) is 5.02 Å². The monoisotopic (exact) mass is 247 g/mol. The summed E-state index contributed by atoms with van der Waals surface area (Å²) in [6.07, 6.45) is -1.12. The molecule has 0 spiro atoms. The Balaban J connectivity index is 0.000000606. The molecule has 2 aromatic heterocycles. The summed E-state index contributed by atoms with van der Waals surface area (Å²) in [5.74, 6) is -0.502. The van der Waals surface area contributed by atoms with Crippen LogP contribution in [-0.2, 0) is 0 Å². The lowest BCUT2D eigenvalue weighted by atomic mass is 10.3. The molecule has 0 saturated carbocycles. The van der Waals surface area contributed by atoms with E-state index in [0.717, 1.165) is 5.56 Å². The number of aryl methyl sites for hydroxylation is 1. The summed E-state index contributed by atoms with van der Waals surface area (Å²) in [5, 5.41) is 3.94. The van der Waals surface area contributed by atoms with Crippen LogP contribution >= 0.6 is 11.6 Å². The molecule has 0 aromatic carbocycles. The third kappa shape index (κ3) is 2.29. The minimum absolute atomic E-state index is 0.266. The average molecular weight is 248 g/mol. The van der Waals surface area contributed by atoms with Crippen molar-refractivity contribution in [1.29, 1.82) is 0 Å². The molecule has 0 saturated heterocycles. The first kappa shape index (κ1) is 12.8. The van der Waals surface area contributed by atoms with E-state index >= 15 is 0 Å². The second-order valence-electron chi connectivity index (χ2n) is 2.85. The van der Waals surface area contributed by atoms with E-state index < -0.39 is 12.2 Å². The summed E-state index contributed by atoms with van der Waals surface area (Å²) >= 11 is 5.88. The molecule has 0 radical (unpaired) electrons. The van der Waals surface area contributed by atoms with Gasteiger partial charge in [0.2, 0.25) is 5.82 Å². The van der Waals surface area contributed by atoms with Gasteiger partial charge < -0.3 is 0 Å². The topological polar surface area (TPSA) is 30.2 Å². The molecule has 3 nitrogen and oxygen atoms in total. The molecule has 0 unspecified atom stereocenters. The highest BCUT2D eigenvalue weighted by Crippen LogP contribution is 2.22. The van der Waals surface area contributed by atoms with Crippen LogP contribution in [-0.4, -0.2) is 14.6 Å². The van der Waals surface area contributed by atoms with Crippen molar-refractivity contribution in [2.24, 2.45) is 0 Å². The Labute approximate surface area is 97.1 Å². The third-order valence-electron chi connectivity index (χ3n) is 1.85. The predicted octanol–water partition coefficient (Wildman–Crippen LogP) is 3.65. The van der Waals surface area contributed by atoms with Crippen LogP contribution in [0.4, 0.5) is 8.78 Å². The van der Waals surface area contributed by atoms with Crippen molar-refractivity contribution in [2.45, 2.75) is 27.2 Å². The number of hydrogen-bond donors (Lipinski definition) is 0. The summed E-state index contributed by atoms with van der Waals surface area (Å²) in [6.45, 7) is 5.78. The van der Waals surface area contributed by atoms with Gasteiger partial charge in [-0.2, -0.15) is 0 Å². The lowest BCUT2D eigenvalue weighted by molar-refractivity contribution is 0.140. The van der Waals surface area contributed by atoms with Gasteiger partial charge in [-0.25, -0.2) is 18.3 Å². The van der Waals surface area contributed by atoms with Crippen molar-refractivity contribution >= 4 is 17.2 Å². The molecule has 0 aliphatic heterocycles. The highest BCUT2D eigenvalue weighted by atomic mass is 35.5. The first-order valence-electron chi connectivity index (χ1n) is 4.89. The lowest BCUT2D eigenvalue weighted by Crippen LogP contribution is -1.90. The van der Waals surface area contributed by atoms with Crippen molar-refractivity contribution in [2.75, 3.05) is 0 Å². The smallest absolute Gasteiger partial charge is 0.219 e. The highest BCUT2D eigenvalue weighted by Gasteiger charge is 2.15. The molecule has 0 aliphatic carbocycles. The summed E-state index contributed by atoms with van der Waals surface area (Å²) in [4.78, 5) is 3.64. The number of aromatic nitrogens is 3. The normalized spacial score (nSPS) is 10.4. The lowest BCUT2D eigenvalue weighted by Gasteiger charge is -1.96. The van der Waals surface area contributed by atoms with E-state index in [1.165, 1.54) is 4.52 Å². The summed E-state index contributed by atoms with van der Waals surface area (Å²) < 4.78 is 25.8. The van der Waals surface area contributed by atoms with Gasteiger partial charge in [-0.1, -0.05) is 25.4 Å². The quantitative estimate of drug-likeness (QED) is 0.770. The van der Waals surface area contributed by atoms with Gasteiger partial charge in [0.05, 0.1) is 5.02 Å². The number of halogens is 3. The summed E-state index contributed by atoms with van der Waals surface area (Å²) in [7, 11) is 0. The van der Waals surface area contributed by atoms with Crippen molar-refractivity contribution in [1.82, 2.24) is 14.6 Å². The van der Waals surface area contributed by atoms with Crippen LogP contribution in [0.5, 0.6) is 0 Å². The average Bonchev–Trinajstić information content (AvgIpc) is 2.71. The minimum Gasteiger partial charge on any atom is -0.219 e. The van der Waals surface area contributed by atoms with Crippen molar-refractivity contribution in [3.63, 3.8) is 0 Å². The van der Waals surface area contributed by atoms with E-state index in [-0.39, 0.29) is 5.65 Å². The summed E-state index contributed by atoms with van der Waals surface area (Å²) in [6, 6.07) is 1.69. The van der Waals surface area contributed by atoms with Gasteiger partial charge in [-0.3, -0.25) is 0 Å². The van der Waals surface area contributed by atoms with Gasteiger partial charge in [0.25, 0.3) is 6.43 Å². The second kappa shape index (κ2) is 5.21. The van der Waals surface area contributed by atoms with Crippen molar-refractivity contribution in [3.8, 4) is 0 Å². The van der Waals surface area contributed by atoms with Crippen LogP contribution in [0.15, 0.2) is 12.3 Å². The first-order valence-corrected chi connectivity index (χ1v) is 5.27. The molecular formula is C10H12ClF2N3. The molecule has 0 aliphatic rings. The molecule has 0 amide bonds. The Morgan fingerprint density at radius 1 is 1.38 bits per heavy atom. The van der Waals surface area contributed by atoms with Gasteiger partial charge in [0.1, 0.15) is 0 Å². The van der Waals surface area contributed by atoms with Crippen molar-refractivity contribution in [3.05, 3.63) is 28.7 Å². The number of pyridine rings is 1. The maximum atomic E-state index is 12.3. The zero-order chi connectivity index (χ0) is 12.3.